The Morgan fingerprint density at radius 1 is 1.29 bits per heavy atom. The number of nitrogens with zero attached hydrogens (tertiary/aromatic N) is 2. The summed E-state index contributed by atoms with van der Waals surface area (Å²) in [6, 6.07) is 3.35. The molecule has 1 aliphatic rings. The molecule has 0 aliphatic carbocycles. The smallest absolute Gasteiger partial charge is 0.337 e. The molecule has 0 unspecified atom stereocenters. The van der Waals surface area contributed by atoms with Crippen LogP contribution in [0.15, 0.2) is 18.3 Å². The van der Waals surface area contributed by atoms with Gasteiger partial charge in [0.25, 0.3) is 0 Å². The molecule has 1 fully saturated rings. The van der Waals surface area contributed by atoms with E-state index >= 15 is 0 Å². The van der Waals surface area contributed by atoms with Crippen molar-refractivity contribution in [3.05, 3.63) is 23.9 Å². The number of aromatic carboxylic acids is 1. The number of carboxylic acid groups (broad SMARTS) is 1. The van der Waals surface area contributed by atoms with Gasteiger partial charge in [0.05, 0.1) is 5.56 Å². The van der Waals surface area contributed by atoms with Gasteiger partial charge in [-0.1, -0.05) is 0 Å². The Morgan fingerprint density at radius 2 is 1.94 bits per heavy atom. The molecule has 1 aromatic rings. The highest BCUT2D eigenvalue weighted by Gasteiger charge is 2.11. The molecule has 1 aliphatic heterocycles. The molecule has 0 saturated carbocycles. The predicted octanol–water partition coefficient (Wildman–Crippen LogP) is 1.03. The molecule has 0 spiro atoms. The first-order valence-corrected chi connectivity index (χ1v) is 4.92. The number of nitrogens with one attached hydrogen (secondary N) is 1. The zero-order valence-corrected chi connectivity index (χ0v) is 10.8. The van der Waals surface area contributed by atoms with Crippen LogP contribution in [0.4, 0.5) is 5.82 Å². The number of hydrogen-bond acceptors (Lipinski definition) is 4. The fourth-order valence-corrected chi connectivity index (χ4v) is 1.59. The van der Waals surface area contributed by atoms with Gasteiger partial charge in [-0.15, -0.1) is 24.8 Å². The van der Waals surface area contributed by atoms with Crippen LogP contribution in [0.5, 0.6) is 0 Å². The number of carbonyl (C=O) groups is 1. The number of carboxylic acids is 1. The van der Waals surface area contributed by atoms with Crippen LogP contribution in [-0.4, -0.2) is 42.2 Å². The first kappa shape index (κ1) is 16.0. The third kappa shape index (κ3) is 4.03. The maximum absolute atomic E-state index is 10.6. The average Bonchev–Trinajstić information content (AvgIpc) is 2.30. The Kier molecular flexibility index (Phi) is 6.87. The summed E-state index contributed by atoms with van der Waals surface area (Å²) in [5.74, 6) is -0.0872. The van der Waals surface area contributed by atoms with Gasteiger partial charge in [-0.2, -0.15) is 0 Å². The molecular weight excluding hydrogens is 265 g/mol. The van der Waals surface area contributed by atoms with Crippen LogP contribution in [0.1, 0.15) is 10.4 Å². The first-order chi connectivity index (χ1) is 7.27. The van der Waals surface area contributed by atoms with Crippen LogP contribution in [0.3, 0.4) is 0 Å². The normalized spacial score (nSPS) is 14.5. The monoisotopic (exact) mass is 279 g/mol. The Bertz CT molecular complexity index is 353. The van der Waals surface area contributed by atoms with E-state index in [-0.39, 0.29) is 30.4 Å². The summed E-state index contributed by atoms with van der Waals surface area (Å²) in [5, 5.41) is 12.0. The molecule has 0 atom stereocenters. The van der Waals surface area contributed by atoms with Crippen molar-refractivity contribution < 1.29 is 9.90 Å². The largest absolute Gasteiger partial charge is 0.478 e. The van der Waals surface area contributed by atoms with E-state index in [4.69, 9.17) is 5.11 Å². The van der Waals surface area contributed by atoms with Crippen LogP contribution >= 0.6 is 24.8 Å². The fourth-order valence-electron chi connectivity index (χ4n) is 1.59. The van der Waals surface area contributed by atoms with E-state index < -0.39 is 5.97 Å². The second kappa shape index (κ2) is 7.32. The molecule has 7 heteroatoms. The average molecular weight is 280 g/mol. The van der Waals surface area contributed by atoms with E-state index in [0.29, 0.717) is 0 Å². The molecule has 0 radical (unpaired) electrons. The van der Waals surface area contributed by atoms with Crippen molar-refractivity contribution in [2.24, 2.45) is 0 Å². The quantitative estimate of drug-likeness (QED) is 0.847. The van der Waals surface area contributed by atoms with Gasteiger partial charge in [-0.25, -0.2) is 9.78 Å². The molecule has 2 rings (SSSR count). The highest BCUT2D eigenvalue weighted by molar-refractivity contribution is 5.87. The van der Waals surface area contributed by atoms with Crippen molar-refractivity contribution in [2.75, 3.05) is 31.1 Å². The van der Waals surface area contributed by atoms with Gasteiger partial charge in [0.2, 0.25) is 0 Å². The summed E-state index contributed by atoms with van der Waals surface area (Å²) >= 11 is 0. The maximum atomic E-state index is 10.6. The summed E-state index contributed by atoms with van der Waals surface area (Å²) in [4.78, 5) is 16.9. The van der Waals surface area contributed by atoms with Crippen LogP contribution in [0, 0.1) is 0 Å². The summed E-state index contributed by atoms with van der Waals surface area (Å²) in [7, 11) is 0. The standard InChI is InChI=1S/C10H13N3O2.2ClH/c14-10(15)8-1-2-9(12-7-8)13-5-3-11-4-6-13;;/h1-2,7,11H,3-6H2,(H,14,15);2*1H. The molecule has 5 nitrogen and oxygen atoms in total. The highest BCUT2D eigenvalue weighted by atomic mass is 35.5. The number of halogens is 2. The Hall–Kier alpha value is -1.04. The second-order valence-corrected chi connectivity index (χ2v) is 3.45. The van der Waals surface area contributed by atoms with E-state index in [1.165, 1.54) is 6.20 Å². The minimum Gasteiger partial charge on any atom is -0.478 e. The highest BCUT2D eigenvalue weighted by Crippen LogP contribution is 2.11. The molecular formula is C10H15Cl2N3O2. The van der Waals surface area contributed by atoms with Crippen molar-refractivity contribution in [3.8, 4) is 0 Å². The lowest BCUT2D eigenvalue weighted by Gasteiger charge is -2.28. The fraction of sp³-hybridized carbons (Fsp3) is 0.400. The lowest BCUT2D eigenvalue weighted by atomic mass is 10.2. The molecule has 0 aromatic carbocycles. The van der Waals surface area contributed by atoms with Crippen LogP contribution < -0.4 is 10.2 Å². The number of pyridine rings is 1. The molecule has 2 N–H and O–H groups in total. The number of aromatic nitrogens is 1. The summed E-state index contributed by atoms with van der Waals surface area (Å²) in [5.41, 5.74) is 0.230. The minimum atomic E-state index is -0.936. The Morgan fingerprint density at radius 3 is 2.41 bits per heavy atom. The van der Waals surface area contributed by atoms with Crippen molar-refractivity contribution in [1.29, 1.82) is 0 Å². The van der Waals surface area contributed by atoms with Gasteiger partial charge in [-0.05, 0) is 12.1 Å². The van der Waals surface area contributed by atoms with E-state index in [2.05, 4.69) is 15.2 Å². The molecule has 0 bridgehead atoms. The minimum absolute atomic E-state index is 0. The van der Waals surface area contributed by atoms with Gasteiger partial charge in [-0.3, -0.25) is 0 Å². The Balaban J connectivity index is 0.00000128. The lowest BCUT2D eigenvalue weighted by molar-refractivity contribution is 0.0696. The van der Waals surface area contributed by atoms with Crippen molar-refractivity contribution >= 4 is 36.6 Å². The topological polar surface area (TPSA) is 65.5 Å². The SMILES string of the molecule is Cl.Cl.O=C(O)c1ccc(N2CCNCC2)nc1. The van der Waals surface area contributed by atoms with E-state index in [1.807, 2.05) is 0 Å². The third-order valence-corrected chi connectivity index (χ3v) is 2.44. The van der Waals surface area contributed by atoms with Gasteiger partial charge in [0, 0.05) is 32.4 Å². The summed E-state index contributed by atoms with van der Waals surface area (Å²) in [6.45, 7) is 3.73. The molecule has 1 saturated heterocycles. The van der Waals surface area contributed by atoms with Gasteiger partial charge >= 0.3 is 5.97 Å². The van der Waals surface area contributed by atoms with E-state index in [0.717, 1.165) is 32.0 Å². The van der Waals surface area contributed by atoms with E-state index in [1.54, 1.807) is 12.1 Å². The molecule has 17 heavy (non-hydrogen) atoms. The number of rotatable bonds is 2. The van der Waals surface area contributed by atoms with Crippen LogP contribution in [-0.2, 0) is 0 Å². The number of hydrogen-bond donors (Lipinski definition) is 2. The van der Waals surface area contributed by atoms with Gasteiger partial charge in [0.15, 0.2) is 0 Å². The molecule has 96 valence electrons. The van der Waals surface area contributed by atoms with E-state index in [9.17, 15) is 4.79 Å². The number of piperazine rings is 1. The third-order valence-electron chi connectivity index (χ3n) is 2.44. The zero-order valence-electron chi connectivity index (χ0n) is 9.13. The van der Waals surface area contributed by atoms with Gasteiger partial charge < -0.3 is 15.3 Å². The van der Waals surface area contributed by atoms with Crippen molar-refractivity contribution in [2.45, 2.75) is 0 Å². The lowest BCUT2D eigenvalue weighted by Crippen LogP contribution is -2.43. The van der Waals surface area contributed by atoms with Crippen LogP contribution in [0.2, 0.25) is 0 Å². The maximum Gasteiger partial charge on any atom is 0.337 e. The number of anilines is 1. The summed E-state index contributed by atoms with van der Waals surface area (Å²) < 4.78 is 0. The zero-order chi connectivity index (χ0) is 10.7. The molecule has 0 amide bonds. The van der Waals surface area contributed by atoms with Crippen LogP contribution in [0.25, 0.3) is 0 Å². The first-order valence-electron chi connectivity index (χ1n) is 4.92. The molecule has 2 heterocycles. The predicted molar refractivity (Wildman–Crippen MR) is 70.8 cm³/mol. The Labute approximate surface area is 112 Å². The second-order valence-electron chi connectivity index (χ2n) is 3.45. The van der Waals surface area contributed by atoms with Crippen molar-refractivity contribution in [3.63, 3.8) is 0 Å². The summed E-state index contributed by atoms with van der Waals surface area (Å²) in [6.07, 6.45) is 1.40. The van der Waals surface area contributed by atoms with Crippen molar-refractivity contribution in [1.82, 2.24) is 10.3 Å². The molecule has 1 aromatic heterocycles. The van der Waals surface area contributed by atoms with Gasteiger partial charge in [0.1, 0.15) is 5.82 Å².